The van der Waals surface area contributed by atoms with Crippen LogP contribution < -0.4 is 5.32 Å². The number of amides is 1. The number of para-hydroxylation sites is 1. The average molecular weight is 347 g/mol. The number of halogens is 2. The van der Waals surface area contributed by atoms with E-state index in [-0.39, 0.29) is 5.92 Å². The lowest BCUT2D eigenvalue weighted by molar-refractivity contribution is -0.119. The first kappa shape index (κ1) is 18.6. The largest absolute Gasteiger partial charge is 0.452 e. The van der Waals surface area contributed by atoms with E-state index in [9.17, 15) is 18.4 Å². The zero-order valence-corrected chi connectivity index (χ0v) is 14.2. The highest BCUT2D eigenvalue weighted by molar-refractivity contribution is 5.96. The summed E-state index contributed by atoms with van der Waals surface area (Å²) in [6.45, 7) is 5.30. The van der Waals surface area contributed by atoms with Gasteiger partial charge in [0.15, 0.2) is 6.61 Å². The summed E-state index contributed by atoms with van der Waals surface area (Å²) in [5.74, 6) is -3.20. The van der Waals surface area contributed by atoms with Crippen LogP contribution in [-0.4, -0.2) is 18.5 Å². The van der Waals surface area contributed by atoms with Gasteiger partial charge in [-0.3, -0.25) is 4.79 Å². The second-order valence-electron chi connectivity index (χ2n) is 5.94. The molecule has 0 aliphatic heterocycles. The van der Waals surface area contributed by atoms with Gasteiger partial charge in [0.2, 0.25) is 0 Å². The highest BCUT2D eigenvalue weighted by Crippen LogP contribution is 2.27. The van der Waals surface area contributed by atoms with Crippen molar-refractivity contribution >= 4 is 17.6 Å². The van der Waals surface area contributed by atoms with Crippen LogP contribution in [0.5, 0.6) is 0 Å². The molecule has 2 aromatic carbocycles. The lowest BCUT2D eigenvalue weighted by atomic mass is 9.98. The van der Waals surface area contributed by atoms with E-state index >= 15 is 0 Å². The molecule has 0 unspecified atom stereocenters. The van der Waals surface area contributed by atoms with Crippen molar-refractivity contribution in [1.82, 2.24) is 0 Å². The number of nitrogens with one attached hydrogen (secondary N) is 1. The molecule has 25 heavy (non-hydrogen) atoms. The predicted molar refractivity (Wildman–Crippen MR) is 90.5 cm³/mol. The standard InChI is InChI=1S/C19H19F2NO3/c1-11(2)14-6-4-5-12(3)18(14)22-17(23)10-25-19(24)15-8-7-13(20)9-16(15)21/h4-9,11H,10H2,1-3H3,(H,22,23). The molecule has 0 saturated carbocycles. The Bertz CT molecular complexity index is 803. The number of carbonyl (C=O) groups is 2. The van der Waals surface area contributed by atoms with Crippen LogP contribution in [0, 0.1) is 18.6 Å². The molecule has 0 bridgehead atoms. The van der Waals surface area contributed by atoms with Crippen LogP contribution in [0.4, 0.5) is 14.5 Å². The Hall–Kier alpha value is -2.76. The minimum Gasteiger partial charge on any atom is -0.452 e. The lowest BCUT2D eigenvalue weighted by Gasteiger charge is -2.16. The molecule has 0 atom stereocenters. The zero-order chi connectivity index (χ0) is 18.6. The van der Waals surface area contributed by atoms with Gasteiger partial charge in [-0.2, -0.15) is 0 Å². The van der Waals surface area contributed by atoms with E-state index in [2.05, 4.69) is 5.32 Å². The molecule has 0 fully saturated rings. The maximum absolute atomic E-state index is 13.5. The topological polar surface area (TPSA) is 55.4 Å². The summed E-state index contributed by atoms with van der Waals surface area (Å²) in [6, 6.07) is 8.18. The van der Waals surface area contributed by atoms with Gasteiger partial charge in [-0.1, -0.05) is 32.0 Å². The fraction of sp³-hybridized carbons (Fsp3) is 0.263. The van der Waals surface area contributed by atoms with Crippen LogP contribution in [0.3, 0.4) is 0 Å². The normalized spacial score (nSPS) is 10.6. The Labute approximate surface area is 144 Å². The van der Waals surface area contributed by atoms with Crippen molar-refractivity contribution < 1.29 is 23.1 Å². The highest BCUT2D eigenvalue weighted by Gasteiger charge is 2.17. The Morgan fingerprint density at radius 3 is 2.52 bits per heavy atom. The number of rotatable bonds is 5. The van der Waals surface area contributed by atoms with Crippen molar-refractivity contribution in [3.05, 3.63) is 64.7 Å². The molecule has 2 aromatic rings. The first-order valence-corrected chi connectivity index (χ1v) is 7.81. The molecule has 132 valence electrons. The fourth-order valence-electron chi connectivity index (χ4n) is 2.38. The van der Waals surface area contributed by atoms with E-state index in [0.717, 1.165) is 23.3 Å². The summed E-state index contributed by atoms with van der Waals surface area (Å²) < 4.78 is 31.2. The molecule has 4 nitrogen and oxygen atoms in total. The molecule has 6 heteroatoms. The Morgan fingerprint density at radius 1 is 1.16 bits per heavy atom. The maximum atomic E-state index is 13.5. The van der Waals surface area contributed by atoms with Crippen LogP contribution >= 0.6 is 0 Å². The van der Waals surface area contributed by atoms with Gasteiger partial charge in [-0.15, -0.1) is 0 Å². The average Bonchev–Trinajstić information content (AvgIpc) is 2.54. The summed E-state index contributed by atoms with van der Waals surface area (Å²) >= 11 is 0. The number of carbonyl (C=O) groups excluding carboxylic acids is 2. The first-order chi connectivity index (χ1) is 11.8. The maximum Gasteiger partial charge on any atom is 0.341 e. The molecule has 0 saturated heterocycles. The van der Waals surface area contributed by atoms with Crippen molar-refractivity contribution in [3.8, 4) is 0 Å². The van der Waals surface area contributed by atoms with Gasteiger partial charge in [0.1, 0.15) is 11.6 Å². The molecular formula is C19H19F2NO3. The summed E-state index contributed by atoms with van der Waals surface area (Å²) in [6.07, 6.45) is 0. The number of esters is 1. The molecule has 2 rings (SSSR count). The van der Waals surface area contributed by atoms with Crippen molar-refractivity contribution in [2.24, 2.45) is 0 Å². The quantitative estimate of drug-likeness (QED) is 0.825. The number of ether oxygens (including phenoxy) is 1. The minimum absolute atomic E-state index is 0.200. The van der Waals surface area contributed by atoms with Gasteiger partial charge >= 0.3 is 5.97 Å². The molecular weight excluding hydrogens is 328 g/mol. The predicted octanol–water partition coefficient (Wildman–Crippen LogP) is 4.19. The van der Waals surface area contributed by atoms with Crippen molar-refractivity contribution in [1.29, 1.82) is 0 Å². The molecule has 0 spiro atoms. The third-order valence-corrected chi connectivity index (χ3v) is 3.68. The smallest absolute Gasteiger partial charge is 0.341 e. The van der Waals surface area contributed by atoms with E-state index in [4.69, 9.17) is 4.74 Å². The molecule has 1 amide bonds. The van der Waals surface area contributed by atoms with Crippen LogP contribution in [0.25, 0.3) is 0 Å². The molecule has 0 aliphatic rings. The van der Waals surface area contributed by atoms with E-state index < -0.39 is 35.7 Å². The number of anilines is 1. The van der Waals surface area contributed by atoms with E-state index in [1.165, 1.54) is 0 Å². The third-order valence-electron chi connectivity index (χ3n) is 3.68. The van der Waals surface area contributed by atoms with Crippen molar-refractivity contribution in [3.63, 3.8) is 0 Å². The summed E-state index contributed by atoms with van der Waals surface area (Å²) in [5.41, 5.74) is 2.10. The van der Waals surface area contributed by atoms with Gasteiger partial charge in [-0.25, -0.2) is 13.6 Å². The van der Waals surface area contributed by atoms with Crippen LogP contribution in [-0.2, 0) is 9.53 Å². The minimum atomic E-state index is -1.04. The van der Waals surface area contributed by atoms with Crippen molar-refractivity contribution in [2.75, 3.05) is 11.9 Å². The van der Waals surface area contributed by atoms with Gasteiger partial charge < -0.3 is 10.1 Å². The number of benzene rings is 2. The monoisotopic (exact) mass is 347 g/mol. The summed E-state index contributed by atoms with van der Waals surface area (Å²) in [4.78, 5) is 23.9. The Morgan fingerprint density at radius 2 is 1.88 bits per heavy atom. The number of hydrogen-bond acceptors (Lipinski definition) is 3. The lowest BCUT2D eigenvalue weighted by Crippen LogP contribution is -2.22. The van der Waals surface area contributed by atoms with Gasteiger partial charge in [-0.05, 0) is 36.1 Å². The highest BCUT2D eigenvalue weighted by atomic mass is 19.1. The first-order valence-electron chi connectivity index (χ1n) is 7.81. The fourth-order valence-corrected chi connectivity index (χ4v) is 2.38. The van der Waals surface area contributed by atoms with Gasteiger partial charge in [0.25, 0.3) is 5.91 Å². The second kappa shape index (κ2) is 7.88. The molecule has 0 heterocycles. The van der Waals surface area contributed by atoms with E-state index in [0.29, 0.717) is 11.8 Å². The zero-order valence-electron chi connectivity index (χ0n) is 14.2. The van der Waals surface area contributed by atoms with E-state index in [1.54, 1.807) is 0 Å². The third kappa shape index (κ3) is 4.62. The van der Waals surface area contributed by atoms with Gasteiger partial charge in [0, 0.05) is 11.8 Å². The summed E-state index contributed by atoms with van der Waals surface area (Å²) in [7, 11) is 0. The molecule has 0 aromatic heterocycles. The van der Waals surface area contributed by atoms with E-state index in [1.807, 2.05) is 39.0 Å². The van der Waals surface area contributed by atoms with Crippen LogP contribution in [0.1, 0.15) is 41.3 Å². The number of hydrogen-bond donors (Lipinski definition) is 1. The second-order valence-corrected chi connectivity index (χ2v) is 5.94. The molecule has 0 aliphatic carbocycles. The molecule has 1 N–H and O–H groups in total. The SMILES string of the molecule is Cc1cccc(C(C)C)c1NC(=O)COC(=O)c1ccc(F)cc1F. The van der Waals surface area contributed by atoms with Crippen molar-refractivity contribution in [2.45, 2.75) is 26.7 Å². The van der Waals surface area contributed by atoms with Gasteiger partial charge in [0.05, 0.1) is 5.56 Å². The number of aryl methyl sites for hydroxylation is 1. The van der Waals surface area contributed by atoms with Crippen LogP contribution in [0.2, 0.25) is 0 Å². The Kier molecular flexibility index (Phi) is 5.85. The summed E-state index contributed by atoms with van der Waals surface area (Å²) in [5, 5.41) is 2.72. The van der Waals surface area contributed by atoms with Crippen LogP contribution in [0.15, 0.2) is 36.4 Å². The Balaban J connectivity index is 2.03. The molecule has 0 radical (unpaired) electrons.